The smallest absolute Gasteiger partial charge is 0.408 e. The molecule has 5 amide bonds. The van der Waals surface area contributed by atoms with Crippen LogP contribution in [0, 0.1) is 23.2 Å². The second kappa shape index (κ2) is 12.6. The van der Waals surface area contributed by atoms with Gasteiger partial charge in [0.2, 0.25) is 0 Å². The fourth-order valence-corrected chi connectivity index (χ4v) is 8.53. The summed E-state index contributed by atoms with van der Waals surface area (Å²) in [5.74, 6) is 0.835. The van der Waals surface area contributed by atoms with E-state index in [4.69, 9.17) is 4.74 Å². The van der Waals surface area contributed by atoms with Crippen molar-refractivity contribution in [3.05, 3.63) is 54.6 Å². The number of nitrogens with one attached hydrogen (secondary N) is 3. The zero-order valence-electron chi connectivity index (χ0n) is 26.8. The maximum absolute atomic E-state index is 14.6. The number of fused-ring (bicyclic) bond motifs is 1. The summed E-state index contributed by atoms with van der Waals surface area (Å²) in [6.07, 6.45) is 6.21. The van der Waals surface area contributed by atoms with Gasteiger partial charge in [-0.25, -0.2) is 9.59 Å². The molecule has 2 atom stereocenters. The summed E-state index contributed by atoms with van der Waals surface area (Å²) in [7, 11) is 0. The van der Waals surface area contributed by atoms with E-state index in [1.54, 1.807) is 62.1 Å². The summed E-state index contributed by atoms with van der Waals surface area (Å²) in [5.41, 5.74) is 0.751. The molecule has 4 saturated carbocycles. The molecule has 7 rings (SSSR count). The lowest BCUT2D eigenvalue weighted by Gasteiger charge is -2.57. The third-order valence-electron chi connectivity index (χ3n) is 9.80. The van der Waals surface area contributed by atoms with E-state index in [2.05, 4.69) is 16.0 Å². The van der Waals surface area contributed by atoms with Gasteiger partial charge in [-0.1, -0.05) is 30.3 Å². The van der Waals surface area contributed by atoms with E-state index in [-0.39, 0.29) is 12.0 Å². The van der Waals surface area contributed by atoms with Crippen LogP contribution in [0.3, 0.4) is 0 Å². The Morgan fingerprint density at radius 1 is 0.891 bits per heavy atom. The van der Waals surface area contributed by atoms with E-state index in [0.717, 1.165) is 19.3 Å². The quantitative estimate of drug-likeness (QED) is 0.313. The van der Waals surface area contributed by atoms with Gasteiger partial charge in [0.25, 0.3) is 11.8 Å². The lowest BCUT2D eigenvalue weighted by Crippen LogP contribution is -2.59. The monoisotopic (exact) mass is 631 g/mol. The highest BCUT2D eigenvalue weighted by molar-refractivity contribution is 6.21. The number of carbonyl (C=O) groups is 4. The average molecular weight is 632 g/mol. The number of benzene rings is 2. The van der Waals surface area contributed by atoms with Crippen LogP contribution in [0.5, 0.6) is 0 Å². The Morgan fingerprint density at radius 2 is 1.43 bits per heavy atom. The van der Waals surface area contributed by atoms with Crippen molar-refractivity contribution in [3.8, 4) is 0 Å². The zero-order valence-corrected chi connectivity index (χ0v) is 26.8. The number of alkyl carbamates (subject to hydrolysis) is 1. The van der Waals surface area contributed by atoms with Gasteiger partial charge in [-0.05, 0) is 107 Å². The molecule has 0 radical (unpaired) electrons. The molecule has 1 aliphatic heterocycles. The number of aliphatic hydroxyl groups is 1. The van der Waals surface area contributed by atoms with E-state index >= 15 is 0 Å². The second-order valence-electron chi connectivity index (χ2n) is 14.7. The van der Waals surface area contributed by atoms with Crippen LogP contribution in [0.4, 0.5) is 26.7 Å². The summed E-state index contributed by atoms with van der Waals surface area (Å²) in [5, 5.41) is 18.3. The van der Waals surface area contributed by atoms with Gasteiger partial charge in [0.15, 0.2) is 6.04 Å². The van der Waals surface area contributed by atoms with Gasteiger partial charge >= 0.3 is 12.1 Å². The summed E-state index contributed by atoms with van der Waals surface area (Å²) < 4.78 is 5.39. The summed E-state index contributed by atoms with van der Waals surface area (Å²) >= 11 is 0. The molecule has 11 heteroatoms. The van der Waals surface area contributed by atoms with Gasteiger partial charge in [0.1, 0.15) is 5.60 Å². The second-order valence-corrected chi connectivity index (χ2v) is 14.7. The molecule has 2 aromatic carbocycles. The number of ether oxygens (including phenoxy) is 1. The molecule has 0 saturated heterocycles. The SMILES string of the molecule is CC(C)(C)OC(=O)N[C@@H](CO)CN1C(=O)[C@@H](NC(=O)Nc2ccccc2)C(=O)N(CC23CC4CC(CC(C4)C2)C3)c2ccccc21. The average Bonchev–Trinajstić information content (AvgIpc) is 3.05. The van der Waals surface area contributed by atoms with Gasteiger partial charge in [-0.2, -0.15) is 0 Å². The fourth-order valence-electron chi connectivity index (χ4n) is 8.53. The third kappa shape index (κ3) is 6.84. The molecule has 4 fully saturated rings. The van der Waals surface area contributed by atoms with Crippen molar-refractivity contribution >= 4 is 41.0 Å². The normalized spacial score (nSPS) is 27.5. The topological polar surface area (TPSA) is 140 Å². The molecule has 0 unspecified atom stereocenters. The molecule has 4 bridgehead atoms. The van der Waals surface area contributed by atoms with Crippen LogP contribution in [0.2, 0.25) is 0 Å². The van der Waals surface area contributed by atoms with Crippen LogP contribution in [0.25, 0.3) is 0 Å². The standard InChI is InChI=1S/C35H45N5O6/c1-34(2,3)46-33(45)37-26(20-41)19-39-27-11-7-8-12-28(27)40(21-35-16-22-13-23(17-35)15-24(14-22)18-35)31(43)29(30(39)42)38-32(44)36-25-9-5-4-6-10-25/h4-12,22-24,26,29,41H,13-21H2,1-3H3,(H,37,45)(H2,36,38,44)/t22?,23?,24?,26-,29-,35?/m1/s1. The number of aliphatic hydroxyl groups excluding tert-OH is 1. The van der Waals surface area contributed by atoms with E-state index in [0.29, 0.717) is 41.4 Å². The minimum absolute atomic E-state index is 0.0432. The van der Waals surface area contributed by atoms with E-state index in [9.17, 15) is 24.3 Å². The lowest BCUT2D eigenvalue weighted by atomic mass is 9.49. The first kappa shape index (κ1) is 31.8. The maximum atomic E-state index is 14.6. The maximum Gasteiger partial charge on any atom is 0.408 e. The fraction of sp³-hybridized carbons (Fsp3) is 0.543. The van der Waals surface area contributed by atoms with Crippen LogP contribution >= 0.6 is 0 Å². The minimum Gasteiger partial charge on any atom is -0.444 e. The minimum atomic E-state index is -1.54. The predicted molar refractivity (Wildman–Crippen MR) is 174 cm³/mol. The number of urea groups is 1. The molecule has 5 aliphatic rings. The van der Waals surface area contributed by atoms with Crippen LogP contribution in [-0.4, -0.2) is 66.4 Å². The highest BCUT2D eigenvalue weighted by Crippen LogP contribution is 2.60. The third-order valence-corrected chi connectivity index (χ3v) is 9.80. The summed E-state index contributed by atoms with van der Waals surface area (Å²) in [6.45, 7) is 5.03. The van der Waals surface area contributed by atoms with Crippen molar-refractivity contribution in [1.29, 1.82) is 0 Å². The first-order valence-corrected chi connectivity index (χ1v) is 16.4. The molecular weight excluding hydrogens is 586 g/mol. The van der Waals surface area contributed by atoms with E-state index < -0.39 is 48.2 Å². The Hall–Kier alpha value is -4.12. The number of hydrogen-bond acceptors (Lipinski definition) is 6. The molecule has 1 heterocycles. The molecule has 0 aromatic heterocycles. The number of amides is 5. The van der Waals surface area contributed by atoms with Gasteiger partial charge in [-0.15, -0.1) is 0 Å². The number of para-hydroxylation sites is 3. The molecular formula is C35H45N5O6. The number of nitrogens with zero attached hydrogens (tertiary/aromatic N) is 2. The Balaban J connectivity index is 1.33. The largest absolute Gasteiger partial charge is 0.444 e. The van der Waals surface area contributed by atoms with Crippen molar-refractivity contribution in [2.75, 3.05) is 34.8 Å². The van der Waals surface area contributed by atoms with Crippen LogP contribution in [0.15, 0.2) is 54.6 Å². The molecule has 4 N–H and O–H groups in total. The van der Waals surface area contributed by atoms with Crippen molar-refractivity contribution in [1.82, 2.24) is 10.6 Å². The Bertz CT molecular complexity index is 1440. The van der Waals surface area contributed by atoms with Crippen molar-refractivity contribution in [3.63, 3.8) is 0 Å². The number of carbonyl (C=O) groups excluding carboxylic acids is 4. The molecule has 246 valence electrons. The lowest BCUT2D eigenvalue weighted by molar-refractivity contribution is -0.129. The Labute approximate surface area is 270 Å². The first-order valence-electron chi connectivity index (χ1n) is 16.4. The zero-order chi connectivity index (χ0) is 32.6. The van der Waals surface area contributed by atoms with Gasteiger partial charge in [-0.3, -0.25) is 9.59 Å². The molecule has 46 heavy (non-hydrogen) atoms. The molecule has 0 spiro atoms. The van der Waals surface area contributed by atoms with Crippen LogP contribution in [0.1, 0.15) is 59.3 Å². The highest BCUT2D eigenvalue weighted by Gasteiger charge is 2.53. The first-order chi connectivity index (χ1) is 21.9. The van der Waals surface area contributed by atoms with E-state index in [1.165, 1.54) is 24.2 Å². The summed E-state index contributed by atoms with van der Waals surface area (Å²) in [4.78, 5) is 57.9. The Morgan fingerprint density at radius 3 is 2.00 bits per heavy atom. The summed E-state index contributed by atoms with van der Waals surface area (Å²) in [6, 6.07) is 12.9. The van der Waals surface area contributed by atoms with Gasteiger partial charge < -0.3 is 35.6 Å². The molecule has 4 aliphatic carbocycles. The van der Waals surface area contributed by atoms with Crippen molar-refractivity contribution in [2.45, 2.75) is 77.0 Å². The highest BCUT2D eigenvalue weighted by atomic mass is 16.6. The Kier molecular flexibility index (Phi) is 8.71. The van der Waals surface area contributed by atoms with Crippen molar-refractivity contribution in [2.24, 2.45) is 23.2 Å². The van der Waals surface area contributed by atoms with Crippen LogP contribution < -0.4 is 25.8 Å². The number of hydrogen-bond donors (Lipinski definition) is 4. The molecule has 2 aromatic rings. The van der Waals surface area contributed by atoms with Crippen molar-refractivity contribution < 1.29 is 29.0 Å². The predicted octanol–water partition coefficient (Wildman–Crippen LogP) is 4.66. The van der Waals surface area contributed by atoms with Crippen LogP contribution in [-0.2, 0) is 14.3 Å². The number of rotatable bonds is 8. The molecule has 11 nitrogen and oxygen atoms in total. The van der Waals surface area contributed by atoms with Gasteiger partial charge in [0, 0.05) is 18.8 Å². The van der Waals surface area contributed by atoms with E-state index in [1.807, 2.05) is 18.2 Å². The van der Waals surface area contributed by atoms with Gasteiger partial charge in [0.05, 0.1) is 24.0 Å². The number of anilines is 3.